The first-order valence-electron chi connectivity index (χ1n) is 10.00. The molecule has 2 aromatic carbocycles. The predicted octanol–water partition coefficient (Wildman–Crippen LogP) is 2.40. The number of carbonyl (C=O) groups is 1. The summed E-state index contributed by atoms with van der Waals surface area (Å²) >= 11 is 0. The van der Waals surface area contributed by atoms with Crippen molar-refractivity contribution in [2.45, 2.75) is 6.42 Å². The van der Waals surface area contributed by atoms with Gasteiger partial charge in [-0.3, -0.25) is 9.69 Å². The lowest BCUT2D eigenvalue weighted by molar-refractivity contribution is 0.0950. The molecule has 1 saturated heterocycles. The average Bonchev–Trinajstić information content (AvgIpc) is 2.77. The largest absolute Gasteiger partial charge is 0.486 e. The minimum atomic E-state index is -0.0640. The Bertz CT molecular complexity index is 789. The third kappa shape index (κ3) is 4.57. The first-order chi connectivity index (χ1) is 13.8. The molecule has 28 heavy (non-hydrogen) atoms. The molecule has 0 aromatic heterocycles. The number of nitrogens with zero attached hydrogens (tertiary/aromatic N) is 2. The van der Waals surface area contributed by atoms with Crippen LogP contribution in [0.4, 0.5) is 5.69 Å². The molecule has 2 heterocycles. The van der Waals surface area contributed by atoms with Crippen LogP contribution < -0.4 is 19.7 Å². The molecule has 0 unspecified atom stereocenters. The summed E-state index contributed by atoms with van der Waals surface area (Å²) in [4.78, 5) is 17.3. The minimum absolute atomic E-state index is 0.0640. The Morgan fingerprint density at radius 2 is 1.68 bits per heavy atom. The molecule has 0 spiro atoms. The third-order valence-corrected chi connectivity index (χ3v) is 5.23. The Hall–Kier alpha value is -2.73. The number of hydrogen-bond acceptors (Lipinski definition) is 5. The van der Waals surface area contributed by atoms with Gasteiger partial charge >= 0.3 is 0 Å². The van der Waals surface area contributed by atoms with E-state index in [0.717, 1.165) is 39.1 Å². The highest BCUT2D eigenvalue weighted by molar-refractivity contribution is 5.94. The first kappa shape index (κ1) is 18.6. The molecule has 0 bridgehead atoms. The van der Waals surface area contributed by atoms with Crippen LogP contribution in [0.5, 0.6) is 11.5 Å². The van der Waals surface area contributed by atoms with Crippen LogP contribution in [0.15, 0.2) is 48.5 Å². The van der Waals surface area contributed by atoms with Crippen LogP contribution in [0.25, 0.3) is 0 Å². The molecule has 4 rings (SSSR count). The van der Waals surface area contributed by atoms with E-state index < -0.39 is 0 Å². The second-order valence-electron chi connectivity index (χ2n) is 7.13. The van der Waals surface area contributed by atoms with Gasteiger partial charge in [0.2, 0.25) is 0 Å². The van der Waals surface area contributed by atoms with Gasteiger partial charge in [-0.25, -0.2) is 0 Å². The van der Waals surface area contributed by atoms with Crippen molar-refractivity contribution < 1.29 is 14.3 Å². The van der Waals surface area contributed by atoms with E-state index in [4.69, 9.17) is 9.47 Å². The van der Waals surface area contributed by atoms with Gasteiger partial charge < -0.3 is 19.7 Å². The van der Waals surface area contributed by atoms with E-state index in [1.165, 1.54) is 5.69 Å². The molecule has 2 aliphatic rings. The molecule has 0 radical (unpaired) electrons. The molecule has 2 aliphatic heterocycles. The van der Waals surface area contributed by atoms with Crippen molar-refractivity contribution in [3.63, 3.8) is 0 Å². The van der Waals surface area contributed by atoms with E-state index >= 15 is 0 Å². The van der Waals surface area contributed by atoms with E-state index in [1.807, 2.05) is 0 Å². The van der Waals surface area contributed by atoms with Crippen molar-refractivity contribution in [1.82, 2.24) is 10.2 Å². The summed E-state index contributed by atoms with van der Waals surface area (Å²) in [6, 6.07) is 15.9. The number of rotatable bonds is 6. The molecular formula is C22H27N3O3. The van der Waals surface area contributed by atoms with E-state index in [-0.39, 0.29) is 5.91 Å². The second kappa shape index (κ2) is 8.97. The molecule has 0 atom stereocenters. The lowest BCUT2D eigenvalue weighted by Crippen LogP contribution is -2.47. The zero-order valence-corrected chi connectivity index (χ0v) is 16.1. The highest BCUT2D eigenvalue weighted by Gasteiger charge is 2.17. The fraction of sp³-hybridized carbons (Fsp3) is 0.409. The molecule has 6 nitrogen and oxygen atoms in total. The maximum Gasteiger partial charge on any atom is 0.251 e. The van der Waals surface area contributed by atoms with Crippen LogP contribution in [-0.2, 0) is 0 Å². The smallest absolute Gasteiger partial charge is 0.251 e. The maximum atomic E-state index is 12.4. The zero-order chi connectivity index (χ0) is 19.2. The average molecular weight is 381 g/mol. The van der Waals surface area contributed by atoms with Crippen molar-refractivity contribution >= 4 is 11.6 Å². The van der Waals surface area contributed by atoms with Gasteiger partial charge in [0.1, 0.15) is 13.2 Å². The molecule has 0 saturated carbocycles. The van der Waals surface area contributed by atoms with Crippen LogP contribution in [0, 0.1) is 0 Å². The van der Waals surface area contributed by atoms with Gasteiger partial charge in [0.05, 0.1) is 0 Å². The summed E-state index contributed by atoms with van der Waals surface area (Å²) in [7, 11) is 0. The second-order valence-corrected chi connectivity index (χ2v) is 7.13. The number of fused-ring (bicyclic) bond motifs is 1. The zero-order valence-electron chi connectivity index (χ0n) is 16.1. The van der Waals surface area contributed by atoms with E-state index in [0.29, 0.717) is 36.8 Å². The van der Waals surface area contributed by atoms with E-state index in [9.17, 15) is 4.79 Å². The molecule has 0 aliphatic carbocycles. The van der Waals surface area contributed by atoms with Gasteiger partial charge in [-0.15, -0.1) is 0 Å². The Morgan fingerprint density at radius 3 is 2.46 bits per heavy atom. The third-order valence-electron chi connectivity index (χ3n) is 5.23. The molecular weight excluding hydrogens is 354 g/mol. The number of benzene rings is 2. The van der Waals surface area contributed by atoms with E-state index in [2.05, 4.69) is 45.4 Å². The summed E-state index contributed by atoms with van der Waals surface area (Å²) in [5.41, 5.74) is 1.91. The normalized spacial score (nSPS) is 16.6. The summed E-state index contributed by atoms with van der Waals surface area (Å²) in [6.45, 7) is 6.97. The van der Waals surface area contributed by atoms with Crippen molar-refractivity contribution in [2.24, 2.45) is 0 Å². The van der Waals surface area contributed by atoms with Crippen LogP contribution in [0.3, 0.4) is 0 Å². The van der Waals surface area contributed by atoms with Gasteiger partial charge in [0.15, 0.2) is 11.5 Å². The summed E-state index contributed by atoms with van der Waals surface area (Å²) in [5, 5.41) is 3.01. The van der Waals surface area contributed by atoms with Crippen molar-refractivity contribution in [1.29, 1.82) is 0 Å². The highest BCUT2D eigenvalue weighted by atomic mass is 16.6. The monoisotopic (exact) mass is 381 g/mol. The molecule has 2 aromatic rings. The van der Waals surface area contributed by atoms with Gasteiger partial charge in [0, 0.05) is 44.0 Å². The molecule has 1 amide bonds. The Balaban J connectivity index is 1.17. The SMILES string of the molecule is O=C(NCCCN1CCN(c2ccccc2)CC1)c1ccc2c(c1)OCCO2. The summed E-state index contributed by atoms with van der Waals surface area (Å²) in [6.07, 6.45) is 0.946. The topological polar surface area (TPSA) is 54.0 Å². The first-order valence-corrected chi connectivity index (χ1v) is 10.00. The number of nitrogens with one attached hydrogen (secondary N) is 1. The Kier molecular flexibility index (Phi) is 5.97. The fourth-order valence-corrected chi connectivity index (χ4v) is 3.66. The fourth-order valence-electron chi connectivity index (χ4n) is 3.66. The van der Waals surface area contributed by atoms with Crippen LogP contribution in [-0.4, -0.2) is 63.3 Å². The minimum Gasteiger partial charge on any atom is -0.486 e. The number of para-hydroxylation sites is 1. The van der Waals surface area contributed by atoms with Crippen LogP contribution in [0.2, 0.25) is 0 Å². The number of piperazine rings is 1. The summed E-state index contributed by atoms with van der Waals surface area (Å²) < 4.78 is 11.0. The highest BCUT2D eigenvalue weighted by Crippen LogP contribution is 2.30. The number of carbonyl (C=O) groups excluding carboxylic acids is 1. The van der Waals surface area contributed by atoms with Gasteiger partial charge in [-0.05, 0) is 43.3 Å². The van der Waals surface area contributed by atoms with Crippen molar-refractivity contribution in [2.75, 3.05) is 57.4 Å². The molecule has 1 N–H and O–H groups in total. The summed E-state index contributed by atoms with van der Waals surface area (Å²) in [5.74, 6) is 1.29. The van der Waals surface area contributed by atoms with Gasteiger partial charge in [-0.1, -0.05) is 18.2 Å². The van der Waals surface area contributed by atoms with Gasteiger partial charge in [0.25, 0.3) is 5.91 Å². The standard InChI is InChI=1S/C22H27N3O3/c26-22(18-7-8-20-21(17-18)28-16-15-27-20)23-9-4-10-24-11-13-25(14-12-24)19-5-2-1-3-6-19/h1-3,5-8,17H,4,9-16H2,(H,23,26). The quantitative estimate of drug-likeness (QED) is 0.779. The molecule has 6 heteroatoms. The molecule has 1 fully saturated rings. The van der Waals surface area contributed by atoms with Crippen LogP contribution in [0.1, 0.15) is 16.8 Å². The number of amides is 1. The number of anilines is 1. The Morgan fingerprint density at radius 1 is 0.929 bits per heavy atom. The van der Waals surface area contributed by atoms with Crippen molar-refractivity contribution in [3.8, 4) is 11.5 Å². The van der Waals surface area contributed by atoms with E-state index in [1.54, 1.807) is 18.2 Å². The lowest BCUT2D eigenvalue weighted by atomic mass is 10.2. The van der Waals surface area contributed by atoms with Crippen molar-refractivity contribution in [3.05, 3.63) is 54.1 Å². The predicted molar refractivity (Wildman–Crippen MR) is 109 cm³/mol. The molecule has 148 valence electrons. The number of hydrogen-bond donors (Lipinski definition) is 1. The maximum absolute atomic E-state index is 12.4. The lowest BCUT2D eigenvalue weighted by Gasteiger charge is -2.36. The Labute approximate surface area is 166 Å². The van der Waals surface area contributed by atoms with Crippen LogP contribution >= 0.6 is 0 Å². The number of ether oxygens (including phenoxy) is 2. The van der Waals surface area contributed by atoms with Gasteiger partial charge in [-0.2, -0.15) is 0 Å².